The minimum absolute atomic E-state index is 0.415. The molecule has 1 aromatic carbocycles. The molecule has 6 nitrogen and oxygen atoms in total. The van der Waals surface area contributed by atoms with E-state index in [4.69, 9.17) is 0 Å². The van der Waals surface area contributed by atoms with Crippen LogP contribution in [0.15, 0.2) is 53.8 Å². The van der Waals surface area contributed by atoms with Crippen LogP contribution in [0.3, 0.4) is 0 Å². The molecule has 1 aromatic heterocycles. The van der Waals surface area contributed by atoms with Crippen molar-refractivity contribution in [1.29, 1.82) is 0 Å². The van der Waals surface area contributed by atoms with Gasteiger partial charge < -0.3 is 10.6 Å². The van der Waals surface area contributed by atoms with Crippen molar-refractivity contribution >= 4 is 24.1 Å². The Bertz CT molecular complexity index is 850. The predicted molar refractivity (Wildman–Crippen MR) is 117 cm³/mol. The van der Waals surface area contributed by atoms with E-state index < -0.39 is 0 Å². The highest BCUT2D eigenvalue weighted by atomic mass is 16.1. The molecule has 0 fully saturated rings. The second-order valence-electron chi connectivity index (χ2n) is 6.76. The van der Waals surface area contributed by atoms with E-state index in [0.29, 0.717) is 12.3 Å². The topological polar surface area (TPSA) is 82.2 Å². The molecule has 1 amide bonds. The third-order valence-electron chi connectivity index (χ3n) is 4.53. The average Bonchev–Trinajstić information content (AvgIpc) is 3.13. The maximum atomic E-state index is 10.6. The van der Waals surface area contributed by atoms with Crippen molar-refractivity contribution in [3.8, 4) is 0 Å². The Morgan fingerprint density at radius 2 is 2.18 bits per heavy atom. The first-order chi connectivity index (χ1) is 13.5. The van der Waals surface area contributed by atoms with E-state index in [1.165, 1.54) is 11.1 Å². The highest BCUT2D eigenvalue weighted by Crippen LogP contribution is 2.18. The van der Waals surface area contributed by atoms with Gasteiger partial charge in [0, 0.05) is 23.7 Å². The summed E-state index contributed by atoms with van der Waals surface area (Å²) in [6.07, 6.45) is 8.81. The zero-order valence-electron chi connectivity index (χ0n) is 16.8. The highest BCUT2D eigenvalue weighted by molar-refractivity contribution is 5.72. The second kappa shape index (κ2) is 10.9. The van der Waals surface area contributed by atoms with Gasteiger partial charge in [0.2, 0.25) is 6.41 Å². The van der Waals surface area contributed by atoms with Gasteiger partial charge in [-0.05, 0) is 61.4 Å². The maximum absolute atomic E-state index is 10.6. The molecule has 3 N–H and O–H groups in total. The van der Waals surface area contributed by atoms with Gasteiger partial charge in [0.05, 0.1) is 0 Å². The SMILES string of the molecule is C=C/C=N\C(=C/C(C)CC)Nc1cc(CCc2cc(NC=O)ccc2C)[nH]n1. The van der Waals surface area contributed by atoms with Crippen LogP contribution >= 0.6 is 0 Å². The van der Waals surface area contributed by atoms with Crippen LogP contribution < -0.4 is 10.6 Å². The van der Waals surface area contributed by atoms with Crippen molar-refractivity contribution in [2.45, 2.75) is 40.0 Å². The first-order valence-corrected chi connectivity index (χ1v) is 9.53. The van der Waals surface area contributed by atoms with Gasteiger partial charge in [-0.3, -0.25) is 9.89 Å². The fraction of sp³-hybridized carbons (Fsp3) is 0.318. The van der Waals surface area contributed by atoms with Gasteiger partial charge in [-0.2, -0.15) is 5.10 Å². The number of aliphatic imine (C=N–C) groups is 1. The van der Waals surface area contributed by atoms with Crippen LogP contribution in [0, 0.1) is 12.8 Å². The lowest BCUT2D eigenvalue weighted by molar-refractivity contribution is -0.105. The molecular weight excluding hydrogens is 350 g/mol. The fourth-order valence-electron chi connectivity index (χ4n) is 2.69. The Hall–Kier alpha value is -3.15. The quantitative estimate of drug-likeness (QED) is 0.393. The third-order valence-corrected chi connectivity index (χ3v) is 4.53. The summed E-state index contributed by atoms with van der Waals surface area (Å²) >= 11 is 0. The number of nitrogens with zero attached hydrogens (tertiary/aromatic N) is 2. The highest BCUT2D eigenvalue weighted by Gasteiger charge is 2.06. The van der Waals surface area contributed by atoms with E-state index in [1.807, 2.05) is 24.3 Å². The number of aromatic amines is 1. The standard InChI is InChI=1S/C22H29N5O/c1-5-11-23-21(12-16(3)6-2)25-22-14-20(26-27-22)10-8-18-13-19(24-15-28)9-7-17(18)4/h5,7,9,11-16H,1,6,8,10H2,2-4H3,(H,24,28)(H2,25,26,27)/b21-12+,23-11-. The Morgan fingerprint density at radius 3 is 2.89 bits per heavy atom. The zero-order valence-corrected chi connectivity index (χ0v) is 16.8. The average molecular weight is 380 g/mol. The van der Waals surface area contributed by atoms with Crippen molar-refractivity contribution < 1.29 is 4.79 Å². The molecule has 0 aliphatic rings. The fourth-order valence-corrected chi connectivity index (χ4v) is 2.69. The van der Waals surface area contributed by atoms with E-state index in [0.717, 1.165) is 42.3 Å². The van der Waals surface area contributed by atoms with Gasteiger partial charge in [-0.1, -0.05) is 32.6 Å². The predicted octanol–water partition coefficient (Wildman–Crippen LogP) is 4.63. The first-order valence-electron chi connectivity index (χ1n) is 9.53. The summed E-state index contributed by atoms with van der Waals surface area (Å²) in [5.74, 6) is 1.91. The van der Waals surface area contributed by atoms with Gasteiger partial charge in [0.25, 0.3) is 0 Å². The summed E-state index contributed by atoms with van der Waals surface area (Å²) in [6, 6.07) is 7.93. The van der Waals surface area contributed by atoms with Gasteiger partial charge in [-0.25, -0.2) is 4.99 Å². The van der Waals surface area contributed by atoms with Crippen molar-refractivity contribution in [3.05, 3.63) is 65.6 Å². The van der Waals surface area contributed by atoms with E-state index in [2.05, 4.69) is 59.2 Å². The number of nitrogens with one attached hydrogen (secondary N) is 3. The molecule has 0 bridgehead atoms. The largest absolute Gasteiger partial charge is 0.329 e. The van der Waals surface area contributed by atoms with Crippen molar-refractivity contribution in [2.75, 3.05) is 10.6 Å². The molecule has 1 heterocycles. The number of aromatic nitrogens is 2. The molecule has 148 valence electrons. The number of carbonyl (C=O) groups is 1. The number of allylic oxidation sites excluding steroid dienone is 2. The number of carbonyl (C=O) groups excluding carboxylic acids is 1. The van der Waals surface area contributed by atoms with Crippen molar-refractivity contribution in [2.24, 2.45) is 10.9 Å². The van der Waals surface area contributed by atoms with Crippen LogP contribution in [0.1, 0.15) is 37.1 Å². The van der Waals surface area contributed by atoms with Crippen LogP contribution in [-0.2, 0) is 17.6 Å². The summed E-state index contributed by atoms with van der Waals surface area (Å²) in [6.45, 7) is 10.0. The molecule has 0 spiro atoms. The maximum Gasteiger partial charge on any atom is 0.211 e. The van der Waals surface area contributed by atoms with Gasteiger partial charge in [0.1, 0.15) is 5.82 Å². The lowest BCUT2D eigenvalue weighted by Gasteiger charge is -2.08. The van der Waals surface area contributed by atoms with Crippen LogP contribution in [-0.4, -0.2) is 22.8 Å². The number of rotatable bonds is 11. The summed E-state index contributed by atoms with van der Waals surface area (Å²) in [5.41, 5.74) is 4.24. The Morgan fingerprint density at radius 1 is 1.36 bits per heavy atom. The molecule has 1 unspecified atom stereocenters. The smallest absolute Gasteiger partial charge is 0.211 e. The molecule has 0 aliphatic carbocycles. The minimum Gasteiger partial charge on any atom is -0.329 e. The van der Waals surface area contributed by atoms with Crippen LogP contribution in [0.2, 0.25) is 0 Å². The Kier molecular flexibility index (Phi) is 8.21. The first kappa shape index (κ1) is 21.2. The minimum atomic E-state index is 0.415. The van der Waals surface area contributed by atoms with Gasteiger partial charge in [-0.15, -0.1) is 0 Å². The molecular formula is C22H29N5O. The molecule has 0 aliphatic heterocycles. The number of hydrogen-bond acceptors (Lipinski definition) is 4. The monoisotopic (exact) mass is 379 g/mol. The van der Waals surface area contributed by atoms with Crippen LogP contribution in [0.5, 0.6) is 0 Å². The van der Waals surface area contributed by atoms with Crippen LogP contribution in [0.4, 0.5) is 11.5 Å². The molecule has 6 heteroatoms. The number of hydrogen-bond donors (Lipinski definition) is 3. The zero-order chi connectivity index (χ0) is 20.4. The molecule has 0 radical (unpaired) electrons. The number of benzene rings is 1. The van der Waals surface area contributed by atoms with Crippen molar-refractivity contribution in [1.82, 2.24) is 10.2 Å². The Labute approximate surface area is 166 Å². The Balaban J connectivity index is 2.04. The van der Waals surface area contributed by atoms with Crippen LogP contribution in [0.25, 0.3) is 0 Å². The second-order valence-corrected chi connectivity index (χ2v) is 6.76. The normalized spacial score (nSPS) is 12.8. The summed E-state index contributed by atoms with van der Waals surface area (Å²) in [5, 5.41) is 13.4. The molecule has 2 aromatic rings. The number of aryl methyl sites for hydroxylation is 3. The van der Waals surface area contributed by atoms with Gasteiger partial charge in [0.15, 0.2) is 5.82 Å². The van der Waals surface area contributed by atoms with Crippen molar-refractivity contribution in [3.63, 3.8) is 0 Å². The summed E-state index contributed by atoms with van der Waals surface area (Å²) in [7, 11) is 0. The lowest BCUT2D eigenvalue weighted by Crippen LogP contribution is -2.00. The molecule has 2 rings (SSSR count). The molecule has 0 saturated carbocycles. The lowest BCUT2D eigenvalue weighted by atomic mass is 10.0. The van der Waals surface area contributed by atoms with Gasteiger partial charge >= 0.3 is 0 Å². The molecule has 28 heavy (non-hydrogen) atoms. The molecule has 0 saturated heterocycles. The van der Waals surface area contributed by atoms with E-state index in [1.54, 1.807) is 12.3 Å². The van der Waals surface area contributed by atoms with E-state index in [-0.39, 0.29) is 0 Å². The van der Waals surface area contributed by atoms with E-state index >= 15 is 0 Å². The summed E-state index contributed by atoms with van der Waals surface area (Å²) < 4.78 is 0. The van der Waals surface area contributed by atoms with E-state index in [9.17, 15) is 4.79 Å². The number of anilines is 2. The number of H-pyrrole nitrogens is 1. The third kappa shape index (κ3) is 6.54. The number of amides is 1. The summed E-state index contributed by atoms with van der Waals surface area (Å²) in [4.78, 5) is 15.0. The molecule has 1 atom stereocenters.